The van der Waals surface area contributed by atoms with Crippen LogP contribution in [0.2, 0.25) is 0 Å². The summed E-state index contributed by atoms with van der Waals surface area (Å²) >= 11 is 0. The Morgan fingerprint density at radius 3 is 2.56 bits per heavy atom. The molecule has 1 aliphatic heterocycles. The van der Waals surface area contributed by atoms with Crippen molar-refractivity contribution >= 4 is 17.4 Å². The fourth-order valence-corrected chi connectivity index (χ4v) is 2.03. The monoisotopic (exact) mass is 242 g/mol. The fourth-order valence-electron chi connectivity index (χ4n) is 2.03. The van der Waals surface area contributed by atoms with Crippen LogP contribution < -0.4 is 10.2 Å². The highest BCUT2D eigenvalue weighted by Crippen LogP contribution is 2.27. The Hall–Kier alpha value is -2.36. The molecule has 0 spiro atoms. The van der Waals surface area contributed by atoms with E-state index in [0.29, 0.717) is 12.2 Å². The normalized spacial score (nSPS) is 14.1. The number of para-hydroxylation sites is 1. The first-order valence-corrected chi connectivity index (χ1v) is 5.66. The van der Waals surface area contributed by atoms with Gasteiger partial charge >= 0.3 is 6.03 Å². The van der Waals surface area contributed by atoms with Gasteiger partial charge in [0.2, 0.25) is 0 Å². The quantitative estimate of drug-likeness (QED) is 0.816. The summed E-state index contributed by atoms with van der Waals surface area (Å²) in [6.45, 7) is 0.494. The Kier molecular flexibility index (Phi) is 2.48. The van der Waals surface area contributed by atoms with Crippen LogP contribution in [0.5, 0.6) is 0 Å². The van der Waals surface area contributed by atoms with Crippen LogP contribution in [0.25, 0.3) is 0 Å². The largest absolute Gasteiger partial charge is 0.326 e. The van der Waals surface area contributed by atoms with Crippen molar-refractivity contribution in [3.05, 3.63) is 59.9 Å². The summed E-state index contributed by atoms with van der Waals surface area (Å²) in [5.74, 6) is -0.309. The molecule has 4 heteroatoms. The Bertz CT molecular complexity index is 595. The molecular formula is C14H11FN2O. The van der Waals surface area contributed by atoms with Crippen molar-refractivity contribution in [2.45, 2.75) is 6.54 Å². The van der Waals surface area contributed by atoms with Gasteiger partial charge in [0.15, 0.2) is 0 Å². The molecule has 2 aromatic carbocycles. The predicted octanol–water partition coefficient (Wildman–Crippen LogP) is 3.38. The number of benzene rings is 2. The molecule has 0 unspecified atom stereocenters. The van der Waals surface area contributed by atoms with Crippen LogP contribution in [0, 0.1) is 5.82 Å². The summed E-state index contributed by atoms with van der Waals surface area (Å²) < 4.78 is 12.9. The molecule has 0 atom stereocenters. The lowest BCUT2D eigenvalue weighted by Crippen LogP contribution is -2.38. The van der Waals surface area contributed by atoms with Gasteiger partial charge in [-0.15, -0.1) is 0 Å². The van der Waals surface area contributed by atoms with Gasteiger partial charge in [0, 0.05) is 11.4 Å². The summed E-state index contributed by atoms with van der Waals surface area (Å²) in [6, 6.07) is 13.4. The first-order chi connectivity index (χ1) is 8.74. The highest BCUT2D eigenvalue weighted by atomic mass is 19.1. The van der Waals surface area contributed by atoms with E-state index < -0.39 is 0 Å². The highest BCUT2D eigenvalue weighted by Gasteiger charge is 2.23. The maximum atomic E-state index is 12.9. The second-order valence-corrected chi connectivity index (χ2v) is 4.15. The molecule has 3 rings (SSSR count). The number of hydrogen-bond acceptors (Lipinski definition) is 1. The third-order valence-electron chi connectivity index (χ3n) is 2.97. The molecule has 0 bridgehead atoms. The Balaban J connectivity index is 1.95. The number of urea groups is 1. The molecule has 1 heterocycles. The van der Waals surface area contributed by atoms with Crippen LogP contribution in [0.15, 0.2) is 48.5 Å². The van der Waals surface area contributed by atoms with Crippen molar-refractivity contribution in [3.63, 3.8) is 0 Å². The van der Waals surface area contributed by atoms with E-state index in [9.17, 15) is 9.18 Å². The van der Waals surface area contributed by atoms with Crippen molar-refractivity contribution in [1.82, 2.24) is 0 Å². The summed E-state index contributed by atoms with van der Waals surface area (Å²) in [7, 11) is 0. The minimum atomic E-state index is -0.309. The zero-order chi connectivity index (χ0) is 12.5. The summed E-state index contributed by atoms with van der Waals surface area (Å²) in [6.07, 6.45) is 0. The Morgan fingerprint density at radius 1 is 1.06 bits per heavy atom. The first-order valence-electron chi connectivity index (χ1n) is 5.66. The molecule has 1 N–H and O–H groups in total. The van der Waals surface area contributed by atoms with Gasteiger partial charge in [-0.3, -0.25) is 4.90 Å². The summed E-state index contributed by atoms with van der Waals surface area (Å²) in [5, 5.41) is 2.82. The van der Waals surface area contributed by atoms with Crippen LogP contribution in [0.1, 0.15) is 5.56 Å². The number of nitrogens with one attached hydrogen (secondary N) is 1. The smallest absolute Gasteiger partial charge is 0.307 e. The van der Waals surface area contributed by atoms with Gasteiger partial charge < -0.3 is 5.32 Å². The van der Waals surface area contributed by atoms with Gasteiger partial charge in [0.25, 0.3) is 0 Å². The number of carbonyl (C=O) groups is 1. The van der Waals surface area contributed by atoms with Crippen LogP contribution >= 0.6 is 0 Å². The first kappa shape index (κ1) is 10.8. The molecule has 0 fully saturated rings. The van der Waals surface area contributed by atoms with E-state index in [1.165, 1.54) is 12.1 Å². The van der Waals surface area contributed by atoms with Gasteiger partial charge in [-0.2, -0.15) is 0 Å². The van der Waals surface area contributed by atoms with E-state index in [2.05, 4.69) is 5.32 Å². The zero-order valence-electron chi connectivity index (χ0n) is 9.56. The van der Waals surface area contributed by atoms with Crippen molar-refractivity contribution in [2.24, 2.45) is 0 Å². The number of fused-ring (bicyclic) bond motifs is 1. The molecule has 0 aliphatic carbocycles. The van der Waals surface area contributed by atoms with E-state index in [0.717, 1.165) is 11.3 Å². The number of halogens is 1. The minimum absolute atomic E-state index is 0.194. The maximum Gasteiger partial charge on any atom is 0.326 e. The molecule has 2 amide bonds. The molecule has 18 heavy (non-hydrogen) atoms. The SMILES string of the molecule is O=C1Nc2ccccc2CN1c1ccc(F)cc1. The number of hydrogen-bond donors (Lipinski definition) is 1. The van der Waals surface area contributed by atoms with Crippen molar-refractivity contribution in [2.75, 3.05) is 10.2 Å². The average Bonchev–Trinajstić information content (AvgIpc) is 2.39. The van der Waals surface area contributed by atoms with Crippen molar-refractivity contribution in [1.29, 1.82) is 0 Å². The number of nitrogens with zero attached hydrogens (tertiary/aromatic N) is 1. The van der Waals surface area contributed by atoms with Gasteiger partial charge in [-0.05, 0) is 35.9 Å². The van der Waals surface area contributed by atoms with E-state index in [1.54, 1.807) is 17.0 Å². The Morgan fingerprint density at radius 2 is 1.78 bits per heavy atom. The second kappa shape index (κ2) is 4.14. The third kappa shape index (κ3) is 1.82. The molecule has 0 saturated heterocycles. The fraction of sp³-hybridized carbons (Fsp3) is 0.0714. The van der Waals surface area contributed by atoms with E-state index in [-0.39, 0.29) is 11.8 Å². The summed E-state index contributed by atoms with van der Waals surface area (Å²) in [4.78, 5) is 13.5. The van der Waals surface area contributed by atoms with Crippen LogP contribution in [0.3, 0.4) is 0 Å². The minimum Gasteiger partial charge on any atom is -0.307 e. The predicted molar refractivity (Wildman–Crippen MR) is 68.0 cm³/mol. The number of carbonyl (C=O) groups excluding carboxylic acids is 1. The lowest BCUT2D eigenvalue weighted by Gasteiger charge is -2.29. The van der Waals surface area contributed by atoms with Gasteiger partial charge in [0.05, 0.1) is 6.54 Å². The topological polar surface area (TPSA) is 32.3 Å². The number of anilines is 2. The number of rotatable bonds is 1. The van der Waals surface area contributed by atoms with Crippen LogP contribution in [-0.4, -0.2) is 6.03 Å². The highest BCUT2D eigenvalue weighted by molar-refractivity contribution is 6.04. The zero-order valence-corrected chi connectivity index (χ0v) is 9.56. The van der Waals surface area contributed by atoms with Gasteiger partial charge in [0.1, 0.15) is 5.82 Å². The van der Waals surface area contributed by atoms with E-state index in [1.807, 2.05) is 24.3 Å². The third-order valence-corrected chi connectivity index (χ3v) is 2.97. The number of amides is 2. The molecule has 90 valence electrons. The van der Waals surface area contributed by atoms with Crippen LogP contribution in [0.4, 0.5) is 20.6 Å². The summed E-state index contributed by atoms with van der Waals surface area (Å²) in [5.41, 5.74) is 2.56. The van der Waals surface area contributed by atoms with Crippen LogP contribution in [-0.2, 0) is 6.54 Å². The maximum absolute atomic E-state index is 12.9. The van der Waals surface area contributed by atoms with Crippen molar-refractivity contribution < 1.29 is 9.18 Å². The molecule has 0 radical (unpaired) electrons. The van der Waals surface area contributed by atoms with Crippen molar-refractivity contribution in [3.8, 4) is 0 Å². The molecule has 0 saturated carbocycles. The van der Waals surface area contributed by atoms with E-state index in [4.69, 9.17) is 0 Å². The van der Waals surface area contributed by atoms with E-state index >= 15 is 0 Å². The lowest BCUT2D eigenvalue weighted by atomic mass is 10.1. The van der Waals surface area contributed by atoms with Gasteiger partial charge in [-0.1, -0.05) is 18.2 Å². The second-order valence-electron chi connectivity index (χ2n) is 4.15. The van der Waals surface area contributed by atoms with Gasteiger partial charge in [-0.25, -0.2) is 9.18 Å². The molecule has 0 aromatic heterocycles. The Labute approximate surface area is 104 Å². The average molecular weight is 242 g/mol. The lowest BCUT2D eigenvalue weighted by molar-refractivity contribution is 0.256. The molecule has 1 aliphatic rings. The molecule has 3 nitrogen and oxygen atoms in total. The molecular weight excluding hydrogens is 231 g/mol. The molecule has 2 aromatic rings. The standard InChI is InChI=1S/C14H11FN2O/c15-11-5-7-12(8-6-11)17-9-10-3-1-2-4-13(10)16-14(17)18/h1-8H,9H2,(H,16,18).